The number of aromatic nitrogens is 2. The highest BCUT2D eigenvalue weighted by molar-refractivity contribution is 7.89. The van der Waals surface area contributed by atoms with E-state index in [1.54, 1.807) is 30.3 Å². The van der Waals surface area contributed by atoms with E-state index in [-0.39, 0.29) is 11.5 Å². The number of sulfonamides is 1. The van der Waals surface area contributed by atoms with Crippen molar-refractivity contribution in [2.24, 2.45) is 0 Å². The van der Waals surface area contributed by atoms with Gasteiger partial charge in [-0.1, -0.05) is 18.2 Å². The van der Waals surface area contributed by atoms with E-state index in [4.69, 9.17) is 4.42 Å². The Kier molecular flexibility index (Phi) is 5.15. The van der Waals surface area contributed by atoms with Crippen LogP contribution in [0.1, 0.15) is 21.0 Å². The molecule has 0 atom stereocenters. The summed E-state index contributed by atoms with van der Waals surface area (Å²) in [4.78, 5) is 24.2. The number of hydrazine groups is 1. The molecule has 0 radical (unpaired) electrons. The second kappa shape index (κ2) is 7.54. The highest BCUT2D eigenvalue weighted by Gasteiger charge is 2.21. The van der Waals surface area contributed by atoms with Gasteiger partial charge in [0.25, 0.3) is 15.9 Å². The van der Waals surface area contributed by atoms with Crippen molar-refractivity contribution in [1.82, 2.24) is 25.4 Å². The van der Waals surface area contributed by atoms with E-state index < -0.39 is 32.7 Å². The van der Waals surface area contributed by atoms with Crippen molar-refractivity contribution in [1.29, 1.82) is 0 Å². The van der Waals surface area contributed by atoms with Gasteiger partial charge in [0.2, 0.25) is 5.09 Å². The summed E-state index contributed by atoms with van der Waals surface area (Å²) in [6.45, 7) is 0. The molecule has 3 aromatic rings. The number of nitrogens with zero attached hydrogens (tertiary/aromatic N) is 2. The molecule has 0 aliphatic rings. The Morgan fingerprint density at radius 1 is 1.07 bits per heavy atom. The zero-order valence-corrected chi connectivity index (χ0v) is 15.2. The number of nitrogens with one attached hydrogen (secondary N) is 3. The van der Waals surface area contributed by atoms with Gasteiger partial charge in [-0.2, -0.15) is 5.10 Å². The smallest absolute Gasteiger partial charge is 0.305 e. The number of aromatic hydroxyl groups is 1. The van der Waals surface area contributed by atoms with Crippen molar-refractivity contribution < 1.29 is 27.5 Å². The second-order valence-corrected chi connectivity index (χ2v) is 7.20. The van der Waals surface area contributed by atoms with E-state index in [1.165, 1.54) is 17.9 Å². The zero-order chi connectivity index (χ0) is 20.3. The van der Waals surface area contributed by atoms with E-state index in [1.807, 2.05) is 10.1 Å². The lowest BCUT2D eigenvalue weighted by Gasteiger charge is -2.04. The molecule has 0 bridgehead atoms. The predicted molar refractivity (Wildman–Crippen MR) is 95.1 cm³/mol. The van der Waals surface area contributed by atoms with Gasteiger partial charge in [-0.15, -0.1) is 0 Å². The highest BCUT2D eigenvalue weighted by Crippen LogP contribution is 2.18. The van der Waals surface area contributed by atoms with Crippen LogP contribution in [-0.4, -0.2) is 42.2 Å². The number of benzene rings is 1. The Hall–Kier alpha value is -3.64. The lowest BCUT2D eigenvalue weighted by molar-refractivity contribution is 0.0823. The molecule has 2 aromatic heterocycles. The quantitative estimate of drug-likeness (QED) is 0.440. The van der Waals surface area contributed by atoms with E-state index in [0.29, 0.717) is 5.69 Å². The number of para-hydroxylation sites is 1. The van der Waals surface area contributed by atoms with E-state index in [9.17, 15) is 23.1 Å². The van der Waals surface area contributed by atoms with Gasteiger partial charge in [-0.25, -0.2) is 17.8 Å². The number of furan rings is 1. The van der Waals surface area contributed by atoms with Gasteiger partial charge < -0.3 is 9.52 Å². The largest absolute Gasteiger partial charge is 0.504 e. The maximum atomic E-state index is 12.2. The summed E-state index contributed by atoms with van der Waals surface area (Å²) in [7, 11) is -2.65. The van der Waals surface area contributed by atoms with Gasteiger partial charge in [0.05, 0.1) is 11.9 Å². The molecule has 3 rings (SSSR count). The average molecular weight is 405 g/mol. The summed E-state index contributed by atoms with van der Waals surface area (Å²) >= 11 is 0. The van der Waals surface area contributed by atoms with Crippen LogP contribution >= 0.6 is 0 Å². The molecule has 0 saturated carbocycles. The molecular formula is C16H15N5O6S. The van der Waals surface area contributed by atoms with Crippen molar-refractivity contribution in [3.63, 3.8) is 0 Å². The van der Waals surface area contributed by atoms with Gasteiger partial charge >= 0.3 is 5.91 Å². The van der Waals surface area contributed by atoms with Gasteiger partial charge in [0.1, 0.15) is 0 Å². The third kappa shape index (κ3) is 3.87. The molecule has 0 spiro atoms. The molecule has 0 aliphatic carbocycles. The minimum Gasteiger partial charge on any atom is -0.504 e. The van der Waals surface area contributed by atoms with Gasteiger partial charge in [-0.3, -0.25) is 20.4 Å². The fraction of sp³-hybridized carbons (Fsp3) is 0.0625. The number of hydrogen-bond acceptors (Lipinski definition) is 7. The standard InChI is InChI=1S/C16H15N5O6S/c1-17-28(25,26)13-8-7-12(27-13)15(23)18-19-16(24)14-11(22)9-21(20-14)10-5-3-2-4-6-10/h2-9,17,22H,1H3,(H,18,23)(H,19,24). The average Bonchev–Trinajstić information content (AvgIpc) is 3.34. The van der Waals surface area contributed by atoms with Gasteiger partial charge in [0.15, 0.2) is 17.2 Å². The van der Waals surface area contributed by atoms with Crippen LogP contribution in [0.15, 0.2) is 58.2 Å². The SMILES string of the molecule is CNS(=O)(=O)c1ccc(C(=O)NNC(=O)c2nn(-c3ccccc3)cc2O)o1. The fourth-order valence-electron chi connectivity index (χ4n) is 2.16. The molecule has 1 aromatic carbocycles. The first-order valence-electron chi connectivity index (χ1n) is 7.80. The van der Waals surface area contributed by atoms with Crippen molar-refractivity contribution in [2.75, 3.05) is 7.05 Å². The van der Waals surface area contributed by atoms with Gasteiger partial charge in [0, 0.05) is 0 Å². The maximum absolute atomic E-state index is 12.2. The maximum Gasteiger partial charge on any atom is 0.305 e. The molecule has 28 heavy (non-hydrogen) atoms. The molecule has 11 nitrogen and oxygen atoms in total. The number of carbonyl (C=O) groups excluding carboxylic acids is 2. The van der Waals surface area contributed by atoms with E-state index in [0.717, 1.165) is 12.1 Å². The van der Waals surface area contributed by atoms with Crippen molar-refractivity contribution in [2.45, 2.75) is 5.09 Å². The number of hydrogen-bond donors (Lipinski definition) is 4. The molecular weight excluding hydrogens is 390 g/mol. The number of rotatable bonds is 5. The summed E-state index contributed by atoms with van der Waals surface area (Å²) in [5.41, 5.74) is 4.42. The van der Waals surface area contributed by atoms with Crippen molar-refractivity contribution in [3.8, 4) is 11.4 Å². The minimum atomic E-state index is -3.84. The Labute approximate surface area is 159 Å². The van der Waals surface area contributed by atoms with Crippen LogP contribution in [0.25, 0.3) is 5.69 Å². The third-order valence-electron chi connectivity index (χ3n) is 3.56. The number of amides is 2. The lowest BCUT2D eigenvalue weighted by atomic mass is 10.3. The minimum absolute atomic E-state index is 0.318. The first kappa shape index (κ1) is 19.1. The molecule has 4 N–H and O–H groups in total. The van der Waals surface area contributed by atoms with Gasteiger partial charge in [-0.05, 0) is 31.3 Å². The van der Waals surface area contributed by atoms with Crippen molar-refractivity contribution >= 4 is 21.8 Å². The van der Waals surface area contributed by atoms with Crippen LogP contribution in [0.5, 0.6) is 5.75 Å². The molecule has 2 amide bonds. The van der Waals surface area contributed by atoms with Crippen LogP contribution in [0.4, 0.5) is 0 Å². The summed E-state index contributed by atoms with van der Waals surface area (Å²) < 4.78 is 31.5. The Bertz CT molecular complexity index is 1120. The normalized spacial score (nSPS) is 11.2. The monoisotopic (exact) mass is 405 g/mol. The Morgan fingerprint density at radius 2 is 1.75 bits per heavy atom. The number of carbonyl (C=O) groups is 2. The topological polar surface area (TPSA) is 156 Å². The predicted octanol–water partition coefficient (Wildman–Crippen LogP) is 0.154. The van der Waals surface area contributed by atoms with E-state index >= 15 is 0 Å². The summed E-state index contributed by atoms with van der Waals surface area (Å²) in [5.74, 6) is -2.51. The zero-order valence-electron chi connectivity index (χ0n) is 14.4. The van der Waals surface area contributed by atoms with E-state index in [2.05, 4.69) is 10.5 Å². The lowest BCUT2D eigenvalue weighted by Crippen LogP contribution is -2.41. The highest BCUT2D eigenvalue weighted by atomic mass is 32.2. The molecule has 0 unspecified atom stereocenters. The molecule has 0 fully saturated rings. The van der Waals surface area contributed by atoms with Crippen LogP contribution in [0.3, 0.4) is 0 Å². The summed E-state index contributed by atoms with van der Waals surface area (Å²) in [6, 6.07) is 11.0. The fourth-order valence-corrected chi connectivity index (χ4v) is 2.81. The second-order valence-electron chi connectivity index (χ2n) is 5.38. The van der Waals surface area contributed by atoms with Crippen molar-refractivity contribution in [3.05, 3.63) is 60.1 Å². The van der Waals surface area contributed by atoms with Crippen LogP contribution < -0.4 is 15.6 Å². The van der Waals surface area contributed by atoms with Crippen LogP contribution in [0.2, 0.25) is 0 Å². The molecule has 2 heterocycles. The molecule has 0 aliphatic heterocycles. The Morgan fingerprint density at radius 3 is 2.43 bits per heavy atom. The Balaban J connectivity index is 1.68. The first-order valence-corrected chi connectivity index (χ1v) is 9.28. The molecule has 0 saturated heterocycles. The summed E-state index contributed by atoms with van der Waals surface area (Å²) in [6.07, 6.45) is 1.24. The molecule has 12 heteroatoms. The third-order valence-corrected chi connectivity index (χ3v) is 4.85. The van der Waals surface area contributed by atoms with Crippen LogP contribution in [0, 0.1) is 0 Å². The first-order chi connectivity index (χ1) is 13.3. The van der Waals surface area contributed by atoms with Crippen LogP contribution in [-0.2, 0) is 10.0 Å². The molecule has 146 valence electrons. The summed E-state index contributed by atoms with van der Waals surface area (Å²) in [5, 5.41) is 13.4.